The number of carbonyl (C=O) groups is 1. The Labute approximate surface area is 137 Å². The lowest BCUT2D eigenvalue weighted by Crippen LogP contribution is -2.49. The number of carbonyl (C=O) groups excluding carboxylic acids is 1. The lowest BCUT2D eigenvalue weighted by Gasteiger charge is -2.35. The number of amides is 1. The highest BCUT2D eigenvalue weighted by molar-refractivity contribution is 7.17. The number of thiophene rings is 1. The minimum atomic E-state index is 0.109. The van der Waals surface area contributed by atoms with Crippen LogP contribution in [0.2, 0.25) is 0 Å². The zero-order valence-corrected chi connectivity index (χ0v) is 13.3. The second-order valence-corrected chi connectivity index (χ2v) is 6.32. The Morgan fingerprint density at radius 3 is 2.87 bits per heavy atom. The van der Waals surface area contributed by atoms with Crippen molar-refractivity contribution in [1.82, 2.24) is 24.6 Å². The fraction of sp³-hybridized carbons (Fsp3) is 0.333. The quantitative estimate of drug-likeness (QED) is 0.723. The number of nitrogens with zero attached hydrogens (tertiary/aromatic N) is 6. The molecule has 4 heterocycles. The zero-order valence-electron chi connectivity index (χ0n) is 12.5. The molecule has 118 valence electrons. The lowest BCUT2D eigenvalue weighted by molar-refractivity contribution is -0.132. The molecule has 3 aromatic heterocycles. The average Bonchev–Trinajstić information content (AvgIpc) is 3.25. The molecule has 0 atom stereocenters. The van der Waals surface area contributed by atoms with E-state index in [1.807, 2.05) is 28.6 Å². The van der Waals surface area contributed by atoms with E-state index >= 15 is 0 Å². The molecule has 0 unspecified atom stereocenters. The smallest absolute Gasteiger partial charge is 0.244 e. The Kier molecular flexibility index (Phi) is 3.66. The van der Waals surface area contributed by atoms with E-state index in [1.165, 1.54) is 0 Å². The molecule has 7 nitrogen and oxygen atoms in total. The van der Waals surface area contributed by atoms with Gasteiger partial charge in [0.2, 0.25) is 5.91 Å². The third-order valence-corrected chi connectivity index (χ3v) is 4.91. The molecule has 0 radical (unpaired) electrons. The molecule has 0 N–H and O–H groups in total. The van der Waals surface area contributed by atoms with Crippen LogP contribution in [0.3, 0.4) is 0 Å². The fourth-order valence-electron chi connectivity index (χ4n) is 2.80. The molecular weight excluding hydrogens is 312 g/mol. The summed E-state index contributed by atoms with van der Waals surface area (Å²) in [5.41, 5.74) is 0.984. The summed E-state index contributed by atoms with van der Waals surface area (Å²) >= 11 is 1.66. The van der Waals surface area contributed by atoms with Crippen LogP contribution in [0.5, 0.6) is 0 Å². The van der Waals surface area contributed by atoms with Crippen molar-refractivity contribution in [2.24, 2.45) is 0 Å². The summed E-state index contributed by atoms with van der Waals surface area (Å²) in [6.07, 6.45) is 5.11. The topological polar surface area (TPSA) is 67.2 Å². The second kappa shape index (κ2) is 5.96. The van der Waals surface area contributed by atoms with E-state index in [1.54, 1.807) is 28.5 Å². The van der Waals surface area contributed by atoms with Gasteiger partial charge >= 0.3 is 0 Å². The van der Waals surface area contributed by atoms with Crippen LogP contribution in [0.1, 0.15) is 0 Å². The molecule has 0 spiro atoms. The van der Waals surface area contributed by atoms with Gasteiger partial charge in [-0.15, -0.1) is 11.3 Å². The second-order valence-electron chi connectivity index (χ2n) is 5.40. The molecule has 4 rings (SSSR count). The summed E-state index contributed by atoms with van der Waals surface area (Å²) in [6, 6.07) is 3.83. The number of hydrogen-bond acceptors (Lipinski definition) is 6. The van der Waals surface area contributed by atoms with Gasteiger partial charge in [0.1, 0.15) is 18.7 Å². The standard InChI is InChI=1S/C15H16N6OS/c22-13(10-21-4-1-3-18-21)19-5-7-20(8-6-19)15-14-12(2-9-23-14)16-11-17-15/h1-4,9,11H,5-8,10H2. The van der Waals surface area contributed by atoms with Crippen molar-refractivity contribution in [3.8, 4) is 0 Å². The van der Waals surface area contributed by atoms with Crippen LogP contribution in [0.15, 0.2) is 36.2 Å². The maximum absolute atomic E-state index is 12.3. The third kappa shape index (κ3) is 2.77. The van der Waals surface area contributed by atoms with Gasteiger partial charge < -0.3 is 9.80 Å². The first-order chi connectivity index (χ1) is 11.3. The highest BCUT2D eigenvalue weighted by atomic mass is 32.1. The van der Waals surface area contributed by atoms with Gasteiger partial charge in [-0.1, -0.05) is 0 Å². The largest absolute Gasteiger partial charge is 0.352 e. The fourth-order valence-corrected chi connectivity index (χ4v) is 3.66. The Hall–Kier alpha value is -2.48. The summed E-state index contributed by atoms with van der Waals surface area (Å²) in [4.78, 5) is 25.2. The third-order valence-electron chi connectivity index (χ3n) is 4.01. The van der Waals surface area contributed by atoms with E-state index < -0.39 is 0 Å². The monoisotopic (exact) mass is 328 g/mol. The normalized spacial score (nSPS) is 15.3. The maximum atomic E-state index is 12.3. The molecule has 0 aliphatic carbocycles. The first kappa shape index (κ1) is 14.1. The van der Waals surface area contributed by atoms with Gasteiger partial charge in [0, 0.05) is 38.6 Å². The number of anilines is 1. The first-order valence-electron chi connectivity index (χ1n) is 7.49. The molecule has 23 heavy (non-hydrogen) atoms. The molecule has 1 saturated heterocycles. The molecule has 0 aromatic carbocycles. The van der Waals surface area contributed by atoms with Gasteiger partial charge in [-0.2, -0.15) is 5.10 Å². The molecule has 1 amide bonds. The van der Waals surface area contributed by atoms with Crippen molar-refractivity contribution >= 4 is 33.3 Å². The van der Waals surface area contributed by atoms with Gasteiger partial charge in [-0.25, -0.2) is 9.97 Å². The van der Waals surface area contributed by atoms with Crippen molar-refractivity contribution in [2.45, 2.75) is 6.54 Å². The van der Waals surface area contributed by atoms with Crippen LogP contribution in [-0.4, -0.2) is 56.7 Å². The Morgan fingerprint density at radius 2 is 2.09 bits per heavy atom. The minimum Gasteiger partial charge on any atom is -0.352 e. The number of piperazine rings is 1. The van der Waals surface area contributed by atoms with Gasteiger partial charge in [-0.05, 0) is 17.5 Å². The van der Waals surface area contributed by atoms with Gasteiger partial charge in [-0.3, -0.25) is 9.48 Å². The van der Waals surface area contributed by atoms with Gasteiger partial charge in [0.25, 0.3) is 0 Å². The summed E-state index contributed by atoms with van der Waals surface area (Å²) in [5.74, 6) is 1.08. The van der Waals surface area contributed by atoms with Crippen LogP contribution < -0.4 is 4.90 Å². The van der Waals surface area contributed by atoms with Crippen LogP contribution in [0, 0.1) is 0 Å². The van der Waals surface area contributed by atoms with E-state index in [0.717, 1.165) is 29.1 Å². The highest BCUT2D eigenvalue weighted by Gasteiger charge is 2.23. The van der Waals surface area contributed by atoms with Crippen molar-refractivity contribution in [1.29, 1.82) is 0 Å². The van der Waals surface area contributed by atoms with Crippen LogP contribution >= 0.6 is 11.3 Å². The Morgan fingerprint density at radius 1 is 1.22 bits per heavy atom. The molecule has 8 heteroatoms. The first-order valence-corrected chi connectivity index (χ1v) is 8.37. The maximum Gasteiger partial charge on any atom is 0.244 e. The highest BCUT2D eigenvalue weighted by Crippen LogP contribution is 2.28. The lowest BCUT2D eigenvalue weighted by atomic mass is 10.3. The van der Waals surface area contributed by atoms with E-state index in [0.29, 0.717) is 19.6 Å². The molecular formula is C15H16N6OS. The number of fused-ring (bicyclic) bond motifs is 1. The van der Waals surface area contributed by atoms with Gasteiger partial charge in [0.15, 0.2) is 0 Å². The SMILES string of the molecule is O=C(Cn1cccn1)N1CCN(c2ncnc3ccsc23)CC1. The molecule has 0 saturated carbocycles. The average molecular weight is 328 g/mol. The predicted molar refractivity (Wildman–Crippen MR) is 88.4 cm³/mol. The number of aromatic nitrogens is 4. The zero-order chi connectivity index (χ0) is 15.6. The van der Waals surface area contributed by atoms with Crippen LogP contribution in [0.4, 0.5) is 5.82 Å². The summed E-state index contributed by atoms with van der Waals surface area (Å²) < 4.78 is 2.78. The molecule has 1 fully saturated rings. The van der Waals surface area contributed by atoms with Crippen molar-refractivity contribution in [2.75, 3.05) is 31.1 Å². The molecule has 0 bridgehead atoms. The van der Waals surface area contributed by atoms with E-state index in [9.17, 15) is 4.79 Å². The molecule has 1 aliphatic heterocycles. The number of hydrogen-bond donors (Lipinski definition) is 0. The summed E-state index contributed by atoms with van der Waals surface area (Å²) in [7, 11) is 0. The van der Waals surface area contributed by atoms with Crippen molar-refractivity contribution in [3.05, 3.63) is 36.2 Å². The van der Waals surface area contributed by atoms with E-state index in [-0.39, 0.29) is 5.91 Å². The van der Waals surface area contributed by atoms with Crippen molar-refractivity contribution in [3.63, 3.8) is 0 Å². The minimum absolute atomic E-state index is 0.109. The Balaban J connectivity index is 1.43. The van der Waals surface area contributed by atoms with Gasteiger partial charge in [0.05, 0.1) is 10.2 Å². The molecule has 3 aromatic rings. The predicted octanol–water partition coefficient (Wildman–Crippen LogP) is 1.24. The van der Waals surface area contributed by atoms with E-state index in [4.69, 9.17) is 0 Å². The van der Waals surface area contributed by atoms with Crippen LogP contribution in [-0.2, 0) is 11.3 Å². The summed E-state index contributed by atoms with van der Waals surface area (Å²) in [5, 5.41) is 6.12. The number of rotatable bonds is 3. The molecule has 1 aliphatic rings. The van der Waals surface area contributed by atoms with Crippen LogP contribution in [0.25, 0.3) is 10.2 Å². The summed E-state index contributed by atoms with van der Waals surface area (Å²) in [6.45, 7) is 3.29. The Bertz CT molecular complexity index is 806. The van der Waals surface area contributed by atoms with E-state index in [2.05, 4.69) is 20.0 Å². The van der Waals surface area contributed by atoms with Crippen molar-refractivity contribution < 1.29 is 4.79 Å².